The summed E-state index contributed by atoms with van der Waals surface area (Å²) in [6.45, 7) is 4.72. The van der Waals surface area contributed by atoms with E-state index in [0.29, 0.717) is 11.3 Å². The van der Waals surface area contributed by atoms with Crippen LogP contribution < -0.4 is 0 Å². The molecule has 0 spiro atoms. The van der Waals surface area contributed by atoms with Gasteiger partial charge in [-0.3, -0.25) is 0 Å². The molecule has 0 N–H and O–H groups in total. The van der Waals surface area contributed by atoms with Crippen molar-refractivity contribution < 1.29 is 9.47 Å². The minimum Gasteiger partial charge on any atom is -0.381 e. The summed E-state index contributed by atoms with van der Waals surface area (Å²) >= 11 is 6.16. The predicted octanol–water partition coefficient (Wildman–Crippen LogP) is 2.20. The first kappa shape index (κ1) is 9.75. The van der Waals surface area contributed by atoms with Crippen LogP contribution in [0.2, 0.25) is 0 Å². The van der Waals surface area contributed by atoms with Gasteiger partial charge in [0.2, 0.25) is 0 Å². The molecule has 76 valence electrons. The second kappa shape index (κ2) is 3.76. The van der Waals surface area contributed by atoms with Crippen LogP contribution in [0.3, 0.4) is 0 Å². The lowest BCUT2D eigenvalue weighted by atomic mass is 9.82. The van der Waals surface area contributed by atoms with Gasteiger partial charge in [-0.2, -0.15) is 0 Å². The number of alkyl halides is 1. The SMILES string of the molecule is CC1(C2CCOC2)CC(Cl)CCO1. The van der Waals surface area contributed by atoms with Crippen molar-refractivity contribution in [1.29, 1.82) is 0 Å². The lowest BCUT2D eigenvalue weighted by Gasteiger charge is -2.40. The van der Waals surface area contributed by atoms with E-state index in [1.807, 2.05) is 0 Å². The largest absolute Gasteiger partial charge is 0.381 e. The molecule has 13 heavy (non-hydrogen) atoms. The first-order valence-electron chi connectivity index (χ1n) is 5.06. The van der Waals surface area contributed by atoms with E-state index in [-0.39, 0.29) is 5.60 Å². The van der Waals surface area contributed by atoms with Gasteiger partial charge in [0.1, 0.15) is 0 Å². The Labute approximate surface area is 84.5 Å². The van der Waals surface area contributed by atoms with Crippen molar-refractivity contribution in [3.05, 3.63) is 0 Å². The van der Waals surface area contributed by atoms with Gasteiger partial charge in [0.05, 0.1) is 12.2 Å². The zero-order valence-electron chi connectivity index (χ0n) is 8.09. The van der Waals surface area contributed by atoms with Gasteiger partial charge in [-0.15, -0.1) is 11.6 Å². The monoisotopic (exact) mass is 204 g/mol. The molecule has 0 amide bonds. The molecule has 2 heterocycles. The van der Waals surface area contributed by atoms with E-state index in [1.165, 1.54) is 0 Å². The first-order valence-corrected chi connectivity index (χ1v) is 5.50. The number of hydrogen-bond donors (Lipinski definition) is 0. The van der Waals surface area contributed by atoms with Crippen LogP contribution in [0.25, 0.3) is 0 Å². The first-order chi connectivity index (χ1) is 6.21. The molecule has 2 aliphatic heterocycles. The van der Waals surface area contributed by atoms with E-state index < -0.39 is 0 Å². The molecule has 2 nitrogen and oxygen atoms in total. The molecule has 2 saturated heterocycles. The van der Waals surface area contributed by atoms with Gasteiger partial charge in [-0.05, 0) is 26.2 Å². The predicted molar refractivity (Wildman–Crippen MR) is 52.2 cm³/mol. The summed E-state index contributed by atoms with van der Waals surface area (Å²) in [7, 11) is 0. The summed E-state index contributed by atoms with van der Waals surface area (Å²) in [5.41, 5.74) is -0.0266. The third kappa shape index (κ3) is 2.00. The van der Waals surface area contributed by atoms with Crippen LogP contribution in [0.15, 0.2) is 0 Å². The molecular formula is C10H17ClO2. The highest BCUT2D eigenvalue weighted by molar-refractivity contribution is 6.20. The van der Waals surface area contributed by atoms with Crippen molar-refractivity contribution >= 4 is 11.6 Å². The van der Waals surface area contributed by atoms with Crippen LogP contribution in [0, 0.1) is 5.92 Å². The minimum atomic E-state index is -0.0266. The number of ether oxygens (including phenoxy) is 2. The Bertz CT molecular complexity index is 180. The fraction of sp³-hybridized carbons (Fsp3) is 1.00. The Morgan fingerprint density at radius 2 is 2.15 bits per heavy atom. The van der Waals surface area contributed by atoms with Crippen LogP contribution in [0.4, 0.5) is 0 Å². The molecular weight excluding hydrogens is 188 g/mol. The van der Waals surface area contributed by atoms with Gasteiger partial charge in [0, 0.05) is 24.5 Å². The van der Waals surface area contributed by atoms with Gasteiger partial charge in [0.15, 0.2) is 0 Å². The molecule has 2 aliphatic rings. The summed E-state index contributed by atoms with van der Waals surface area (Å²) in [5.74, 6) is 0.550. The lowest BCUT2D eigenvalue weighted by molar-refractivity contribution is -0.102. The van der Waals surface area contributed by atoms with E-state index in [2.05, 4.69) is 6.92 Å². The van der Waals surface area contributed by atoms with Crippen LogP contribution in [0.1, 0.15) is 26.2 Å². The van der Waals surface area contributed by atoms with Crippen LogP contribution in [-0.2, 0) is 9.47 Å². The summed E-state index contributed by atoms with van der Waals surface area (Å²) in [6, 6.07) is 0. The number of hydrogen-bond acceptors (Lipinski definition) is 2. The minimum absolute atomic E-state index is 0.0266. The summed E-state index contributed by atoms with van der Waals surface area (Å²) in [6.07, 6.45) is 3.09. The van der Waals surface area contributed by atoms with Crippen molar-refractivity contribution in [1.82, 2.24) is 0 Å². The number of rotatable bonds is 1. The highest BCUT2D eigenvalue weighted by atomic mass is 35.5. The molecule has 3 unspecified atom stereocenters. The Kier molecular flexibility index (Phi) is 2.82. The van der Waals surface area contributed by atoms with E-state index in [0.717, 1.165) is 39.1 Å². The normalized spacial score (nSPS) is 46.6. The van der Waals surface area contributed by atoms with E-state index >= 15 is 0 Å². The maximum atomic E-state index is 6.16. The van der Waals surface area contributed by atoms with Crippen molar-refractivity contribution in [3.63, 3.8) is 0 Å². The van der Waals surface area contributed by atoms with Crippen molar-refractivity contribution in [2.45, 2.75) is 37.2 Å². The van der Waals surface area contributed by atoms with Crippen molar-refractivity contribution in [2.24, 2.45) is 5.92 Å². The zero-order chi connectivity index (χ0) is 9.31. The third-order valence-electron chi connectivity index (χ3n) is 3.28. The van der Waals surface area contributed by atoms with Crippen LogP contribution >= 0.6 is 11.6 Å². The summed E-state index contributed by atoms with van der Waals surface area (Å²) < 4.78 is 11.2. The van der Waals surface area contributed by atoms with E-state index in [9.17, 15) is 0 Å². The average Bonchev–Trinajstić information content (AvgIpc) is 2.55. The van der Waals surface area contributed by atoms with E-state index in [1.54, 1.807) is 0 Å². The highest BCUT2D eigenvalue weighted by Crippen LogP contribution is 2.37. The fourth-order valence-electron chi connectivity index (χ4n) is 2.32. The second-order valence-electron chi connectivity index (χ2n) is 4.31. The lowest BCUT2D eigenvalue weighted by Crippen LogP contribution is -2.44. The fourth-order valence-corrected chi connectivity index (χ4v) is 2.72. The summed E-state index contributed by atoms with van der Waals surface area (Å²) in [5, 5.41) is 0.291. The molecule has 0 aromatic heterocycles. The standard InChI is InChI=1S/C10H17ClO2/c1-10(8-2-4-12-7-8)6-9(11)3-5-13-10/h8-9H,2-7H2,1H3. The zero-order valence-corrected chi connectivity index (χ0v) is 8.85. The second-order valence-corrected chi connectivity index (χ2v) is 4.93. The molecule has 3 heteroatoms. The van der Waals surface area contributed by atoms with Crippen LogP contribution in [0.5, 0.6) is 0 Å². The topological polar surface area (TPSA) is 18.5 Å². The third-order valence-corrected chi connectivity index (χ3v) is 3.66. The molecule has 0 bridgehead atoms. The van der Waals surface area contributed by atoms with Gasteiger partial charge in [0.25, 0.3) is 0 Å². The average molecular weight is 205 g/mol. The summed E-state index contributed by atoms with van der Waals surface area (Å²) in [4.78, 5) is 0. The Morgan fingerprint density at radius 1 is 1.31 bits per heavy atom. The number of halogens is 1. The molecule has 0 aromatic rings. The Hall–Kier alpha value is 0.210. The van der Waals surface area contributed by atoms with Gasteiger partial charge < -0.3 is 9.47 Å². The Morgan fingerprint density at radius 3 is 2.77 bits per heavy atom. The molecule has 0 aromatic carbocycles. The maximum Gasteiger partial charge on any atom is 0.0719 e. The molecule has 0 radical (unpaired) electrons. The van der Waals surface area contributed by atoms with Gasteiger partial charge in [-0.1, -0.05) is 0 Å². The molecule has 3 atom stereocenters. The molecule has 0 saturated carbocycles. The van der Waals surface area contributed by atoms with Gasteiger partial charge in [-0.25, -0.2) is 0 Å². The smallest absolute Gasteiger partial charge is 0.0719 e. The maximum absolute atomic E-state index is 6.16. The molecule has 2 rings (SSSR count). The highest BCUT2D eigenvalue weighted by Gasteiger charge is 2.41. The molecule has 2 fully saturated rings. The quantitative estimate of drug-likeness (QED) is 0.610. The van der Waals surface area contributed by atoms with Crippen molar-refractivity contribution in [3.8, 4) is 0 Å². The molecule has 0 aliphatic carbocycles. The Balaban J connectivity index is 2.00. The van der Waals surface area contributed by atoms with Crippen LogP contribution in [-0.4, -0.2) is 30.8 Å². The van der Waals surface area contributed by atoms with Crippen molar-refractivity contribution in [2.75, 3.05) is 19.8 Å². The van der Waals surface area contributed by atoms with Gasteiger partial charge >= 0.3 is 0 Å². The van der Waals surface area contributed by atoms with E-state index in [4.69, 9.17) is 21.1 Å².